The van der Waals surface area contributed by atoms with E-state index >= 15 is 0 Å². The Morgan fingerprint density at radius 1 is 1.50 bits per heavy atom. The Hall–Kier alpha value is -2.03. The first-order valence-corrected chi connectivity index (χ1v) is 7.77. The second kappa shape index (κ2) is 7.69. The lowest BCUT2D eigenvalue weighted by Crippen LogP contribution is -2.51. The number of amides is 1. The van der Waals surface area contributed by atoms with Crippen LogP contribution in [-0.4, -0.2) is 59.5 Å². The van der Waals surface area contributed by atoms with E-state index in [1.165, 1.54) is 24.1 Å². The molecular formula is C15H20ClN3O5. The molecule has 9 heteroatoms. The van der Waals surface area contributed by atoms with E-state index in [1.807, 2.05) is 0 Å². The maximum absolute atomic E-state index is 12.4. The number of benzene rings is 1. The monoisotopic (exact) mass is 357 g/mol. The van der Waals surface area contributed by atoms with Crippen LogP contribution in [0.3, 0.4) is 0 Å². The molecule has 1 aliphatic rings. The first kappa shape index (κ1) is 18.3. The number of nitrogen functional groups attached to an aromatic ring is 1. The summed E-state index contributed by atoms with van der Waals surface area (Å²) in [4.78, 5) is 24.6. The summed E-state index contributed by atoms with van der Waals surface area (Å²) >= 11 is 5.96. The highest BCUT2D eigenvalue weighted by Gasteiger charge is 2.29. The summed E-state index contributed by atoms with van der Waals surface area (Å²) in [5, 5.41) is 21.8. The van der Waals surface area contributed by atoms with E-state index in [2.05, 4.69) is 5.32 Å². The van der Waals surface area contributed by atoms with Crippen molar-refractivity contribution in [1.82, 2.24) is 10.2 Å². The number of carboxylic acid groups (broad SMARTS) is 1. The number of carboxylic acids is 1. The number of aliphatic hydroxyl groups excluding tert-OH is 1. The van der Waals surface area contributed by atoms with Crippen molar-refractivity contribution in [2.24, 2.45) is 0 Å². The number of carbonyl (C=O) groups excluding carboxylic acids is 1. The number of nitrogens with zero attached hydrogens (tertiary/aromatic N) is 1. The number of anilines is 1. The van der Waals surface area contributed by atoms with Crippen LogP contribution in [0.25, 0.3) is 0 Å². The zero-order valence-electron chi connectivity index (χ0n) is 13.2. The smallest absolute Gasteiger partial charge is 0.317 e. The van der Waals surface area contributed by atoms with Crippen LogP contribution in [0.2, 0.25) is 5.02 Å². The van der Waals surface area contributed by atoms with Gasteiger partial charge in [-0.2, -0.15) is 0 Å². The van der Waals surface area contributed by atoms with Gasteiger partial charge in [-0.3, -0.25) is 14.5 Å². The summed E-state index contributed by atoms with van der Waals surface area (Å²) < 4.78 is 5.15. The predicted molar refractivity (Wildman–Crippen MR) is 88.1 cm³/mol. The molecule has 8 nitrogen and oxygen atoms in total. The molecule has 0 aliphatic carbocycles. The summed E-state index contributed by atoms with van der Waals surface area (Å²) in [6.45, 7) is 0.140. The van der Waals surface area contributed by atoms with Crippen molar-refractivity contribution in [3.05, 3.63) is 22.7 Å². The molecule has 1 aromatic rings. The van der Waals surface area contributed by atoms with Gasteiger partial charge in [-0.25, -0.2) is 0 Å². The van der Waals surface area contributed by atoms with Crippen molar-refractivity contribution >= 4 is 29.2 Å². The molecule has 24 heavy (non-hydrogen) atoms. The van der Waals surface area contributed by atoms with Gasteiger partial charge in [-0.15, -0.1) is 0 Å². The first-order chi connectivity index (χ1) is 11.3. The molecule has 2 unspecified atom stereocenters. The van der Waals surface area contributed by atoms with Crippen LogP contribution in [-0.2, 0) is 4.79 Å². The molecule has 2 atom stereocenters. The SMILES string of the molecule is COc1cc(N)c(Cl)cc1C(=O)NC1CCN(CC(=O)O)C(O)C1. The number of ether oxygens (including phenoxy) is 1. The lowest BCUT2D eigenvalue weighted by atomic mass is 10.0. The lowest BCUT2D eigenvalue weighted by Gasteiger charge is -2.35. The minimum absolute atomic E-state index is 0.233. The summed E-state index contributed by atoms with van der Waals surface area (Å²) in [5.74, 6) is -1.09. The molecule has 0 bridgehead atoms. The number of carbonyl (C=O) groups is 2. The maximum Gasteiger partial charge on any atom is 0.317 e. The van der Waals surface area contributed by atoms with E-state index in [1.54, 1.807) is 0 Å². The van der Waals surface area contributed by atoms with E-state index in [0.717, 1.165) is 0 Å². The number of hydrogen-bond donors (Lipinski definition) is 4. The van der Waals surface area contributed by atoms with E-state index in [-0.39, 0.29) is 29.6 Å². The van der Waals surface area contributed by atoms with E-state index in [4.69, 9.17) is 27.2 Å². The number of rotatable bonds is 5. The van der Waals surface area contributed by atoms with Gasteiger partial charge in [0.15, 0.2) is 0 Å². The third-order valence-corrected chi connectivity index (χ3v) is 4.25. The van der Waals surface area contributed by atoms with Crippen molar-refractivity contribution in [3.63, 3.8) is 0 Å². The van der Waals surface area contributed by atoms with Crippen molar-refractivity contribution in [3.8, 4) is 5.75 Å². The highest BCUT2D eigenvalue weighted by Crippen LogP contribution is 2.29. The topological polar surface area (TPSA) is 125 Å². The van der Waals surface area contributed by atoms with Gasteiger partial charge < -0.3 is 26.0 Å². The molecule has 5 N–H and O–H groups in total. The van der Waals surface area contributed by atoms with Gasteiger partial charge in [0.1, 0.15) is 12.0 Å². The Morgan fingerprint density at radius 2 is 2.21 bits per heavy atom. The minimum atomic E-state index is -1.00. The average Bonchev–Trinajstić information content (AvgIpc) is 2.51. The fraction of sp³-hybridized carbons (Fsp3) is 0.467. The number of aliphatic hydroxyl groups is 1. The molecule has 0 spiro atoms. The molecule has 1 heterocycles. The highest BCUT2D eigenvalue weighted by molar-refractivity contribution is 6.33. The first-order valence-electron chi connectivity index (χ1n) is 7.39. The van der Waals surface area contributed by atoms with Crippen LogP contribution in [0.15, 0.2) is 12.1 Å². The van der Waals surface area contributed by atoms with E-state index in [0.29, 0.717) is 24.4 Å². The van der Waals surface area contributed by atoms with Gasteiger partial charge in [0.2, 0.25) is 0 Å². The Kier molecular flexibility index (Phi) is 5.87. The second-order valence-corrected chi connectivity index (χ2v) is 6.02. The largest absolute Gasteiger partial charge is 0.496 e. The Labute approximate surface area is 144 Å². The van der Waals surface area contributed by atoms with Gasteiger partial charge in [-0.05, 0) is 12.5 Å². The Bertz CT molecular complexity index is 640. The predicted octanol–water partition coefficient (Wildman–Crippen LogP) is 0.528. The quantitative estimate of drug-likeness (QED) is 0.566. The maximum atomic E-state index is 12.4. The van der Waals surface area contributed by atoms with Gasteiger partial charge in [0.25, 0.3) is 5.91 Å². The number of aliphatic carboxylic acids is 1. The van der Waals surface area contributed by atoms with Crippen molar-refractivity contribution in [2.45, 2.75) is 25.1 Å². The zero-order valence-corrected chi connectivity index (χ0v) is 13.9. The van der Waals surface area contributed by atoms with Crippen LogP contribution in [0.1, 0.15) is 23.2 Å². The molecule has 1 aliphatic heterocycles. The highest BCUT2D eigenvalue weighted by atomic mass is 35.5. The summed E-state index contributed by atoms with van der Waals surface area (Å²) in [7, 11) is 1.42. The van der Waals surface area contributed by atoms with Crippen LogP contribution in [0.4, 0.5) is 5.69 Å². The van der Waals surface area contributed by atoms with Crippen molar-refractivity contribution in [1.29, 1.82) is 0 Å². The molecule has 2 rings (SSSR count). The zero-order chi connectivity index (χ0) is 17.9. The number of likely N-dealkylation sites (tertiary alicyclic amines) is 1. The minimum Gasteiger partial charge on any atom is -0.496 e. The summed E-state index contributed by atoms with van der Waals surface area (Å²) in [6.07, 6.45) is -0.150. The standard InChI is InChI=1S/C15H20ClN3O5/c1-24-12-6-11(17)10(16)5-9(12)15(23)18-8-2-3-19(7-14(21)22)13(20)4-8/h5-6,8,13,20H,2-4,7,17H2,1H3,(H,18,23)(H,21,22). The normalized spacial score (nSPS) is 21.3. The molecule has 1 saturated heterocycles. The number of nitrogens with two attached hydrogens (primary N) is 1. The molecule has 1 amide bonds. The van der Waals surface area contributed by atoms with E-state index in [9.17, 15) is 14.7 Å². The Morgan fingerprint density at radius 3 is 2.79 bits per heavy atom. The van der Waals surface area contributed by atoms with Crippen LogP contribution < -0.4 is 15.8 Å². The number of halogens is 1. The second-order valence-electron chi connectivity index (χ2n) is 5.61. The van der Waals surface area contributed by atoms with Crippen molar-refractivity contribution in [2.75, 3.05) is 25.9 Å². The van der Waals surface area contributed by atoms with Gasteiger partial charge in [-0.1, -0.05) is 11.6 Å². The van der Waals surface area contributed by atoms with Gasteiger partial charge in [0, 0.05) is 25.1 Å². The fourth-order valence-electron chi connectivity index (χ4n) is 2.66. The van der Waals surface area contributed by atoms with Crippen LogP contribution in [0, 0.1) is 0 Å². The van der Waals surface area contributed by atoms with Gasteiger partial charge in [0.05, 0.1) is 29.9 Å². The lowest BCUT2D eigenvalue weighted by molar-refractivity contribution is -0.142. The number of nitrogens with one attached hydrogen (secondary N) is 1. The molecule has 132 valence electrons. The van der Waals surface area contributed by atoms with Crippen molar-refractivity contribution < 1.29 is 24.5 Å². The van der Waals surface area contributed by atoms with Crippen LogP contribution >= 0.6 is 11.6 Å². The molecular weight excluding hydrogens is 338 g/mol. The third kappa shape index (κ3) is 4.28. The average molecular weight is 358 g/mol. The molecule has 0 aromatic heterocycles. The summed E-state index contributed by atoms with van der Waals surface area (Å²) in [5.41, 5.74) is 6.25. The fourth-order valence-corrected chi connectivity index (χ4v) is 2.82. The van der Waals surface area contributed by atoms with Crippen LogP contribution in [0.5, 0.6) is 5.75 Å². The third-order valence-electron chi connectivity index (χ3n) is 3.92. The number of piperidine rings is 1. The number of hydrogen-bond acceptors (Lipinski definition) is 6. The summed E-state index contributed by atoms with van der Waals surface area (Å²) in [6, 6.07) is 2.63. The number of methoxy groups -OCH3 is 1. The molecule has 0 radical (unpaired) electrons. The Balaban J connectivity index is 2.03. The van der Waals surface area contributed by atoms with E-state index < -0.39 is 18.1 Å². The molecule has 1 aromatic carbocycles. The molecule has 0 saturated carbocycles. The van der Waals surface area contributed by atoms with Gasteiger partial charge >= 0.3 is 5.97 Å². The molecule has 1 fully saturated rings.